The summed E-state index contributed by atoms with van der Waals surface area (Å²) in [6.07, 6.45) is 6.57. The van der Waals surface area contributed by atoms with Crippen molar-refractivity contribution in [2.75, 3.05) is 25.6 Å². The van der Waals surface area contributed by atoms with Crippen molar-refractivity contribution >= 4 is 112 Å². The molecular formula is C51H49BrF8IN11O5S. The van der Waals surface area contributed by atoms with E-state index < -0.39 is 52.7 Å². The molecule has 0 saturated heterocycles. The highest BCUT2D eigenvalue weighted by atomic mass is 127. The average Bonchev–Trinajstić information content (AvgIpc) is 3.79. The molecule has 5 heterocycles. The second-order valence-electron chi connectivity index (χ2n) is 15.1. The number of benzene rings is 4. The first-order valence-electron chi connectivity index (χ1n) is 22.1. The van der Waals surface area contributed by atoms with Crippen LogP contribution in [0.2, 0.25) is 0 Å². The summed E-state index contributed by atoms with van der Waals surface area (Å²) in [6.45, 7) is 2.14. The van der Waals surface area contributed by atoms with Crippen LogP contribution in [0.25, 0.3) is 43.6 Å². The van der Waals surface area contributed by atoms with Crippen molar-refractivity contribution in [3.63, 3.8) is 0 Å². The first-order chi connectivity index (χ1) is 36.4. The Hall–Kier alpha value is -7.18. The van der Waals surface area contributed by atoms with E-state index in [2.05, 4.69) is 92.1 Å². The number of esters is 2. The number of pyridine rings is 4. The van der Waals surface area contributed by atoms with Crippen LogP contribution in [-0.2, 0) is 41.6 Å². The fourth-order valence-corrected chi connectivity index (χ4v) is 7.12. The largest absolute Gasteiger partial charge is 0.461 e. The van der Waals surface area contributed by atoms with E-state index >= 15 is 0 Å². The maximum absolute atomic E-state index is 14.4. The Balaban J connectivity index is 0.000000260. The summed E-state index contributed by atoms with van der Waals surface area (Å²) in [4.78, 5) is 45.1. The van der Waals surface area contributed by atoms with Crippen LogP contribution in [0.3, 0.4) is 0 Å². The Morgan fingerprint density at radius 3 is 1.36 bits per heavy atom. The smallest absolute Gasteiger partial charge is 0.395 e. The number of nitrogen functional groups attached to an aromatic ring is 1. The molecule has 0 bridgehead atoms. The Morgan fingerprint density at radius 1 is 0.615 bits per heavy atom. The monoisotopic (exact) mass is 1290 g/mol. The van der Waals surface area contributed by atoms with E-state index in [1.54, 1.807) is 55.0 Å². The number of ketones is 1. The molecule has 0 radical (unpaired) electrons. The van der Waals surface area contributed by atoms with E-state index in [9.17, 15) is 49.5 Å². The molecule has 27 heteroatoms. The quantitative estimate of drug-likeness (QED) is 0.0162. The molecule has 0 fully saturated rings. The summed E-state index contributed by atoms with van der Waals surface area (Å²) in [6, 6.07) is 32.3. The molecule has 78 heavy (non-hydrogen) atoms. The van der Waals surface area contributed by atoms with Crippen molar-refractivity contribution in [2.24, 2.45) is 17.4 Å². The fraction of sp³-hybridized carbons (Fsp3) is 0.196. The Morgan fingerprint density at radius 2 is 0.987 bits per heavy atom. The number of carbonyl (C=O) groups is 3. The van der Waals surface area contributed by atoms with Crippen LogP contribution in [0, 0.1) is 8.34 Å². The first-order valence-corrected chi connectivity index (χ1v) is 24.3. The zero-order valence-corrected chi connectivity index (χ0v) is 44.8. The lowest BCUT2D eigenvalue weighted by molar-refractivity contribution is -0.173. The Labute approximate surface area is 467 Å². The molecular weight excluding hydrogens is 1240 g/mol. The van der Waals surface area contributed by atoms with Gasteiger partial charge in [0.1, 0.15) is 0 Å². The van der Waals surface area contributed by atoms with Crippen LogP contribution >= 0.6 is 50.7 Å². The topological polar surface area (TPSA) is 259 Å². The number of nitrogens with zero attached hydrogens (tertiary/aromatic N) is 6. The lowest BCUT2D eigenvalue weighted by Crippen LogP contribution is -2.32. The van der Waals surface area contributed by atoms with Gasteiger partial charge in [0.2, 0.25) is 16.4 Å². The van der Waals surface area contributed by atoms with Crippen molar-refractivity contribution < 1.29 is 59.0 Å². The Kier molecular flexibility index (Phi) is 24.6. The lowest BCUT2D eigenvalue weighted by Gasteiger charge is -2.15. The summed E-state index contributed by atoms with van der Waals surface area (Å²) in [5.74, 6) is -2.08. The number of aromatic nitrogens is 7. The summed E-state index contributed by atoms with van der Waals surface area (Å²) in [7, 11) is 0. The second kappa shape index (κ2) is 29.5. The third-order valence-electron chi connectivity index (χ3n) is 10.0. The number of hydrazine groups is 1. The predicted molar refractivity (Wildman–Crippen MR) is 294 cm³/mol. The van der Waals surface area contributed by atoms with Crippen LogP contribution in [0.15, 0.2) is 146 Å². The van der Waals surface area contributed by atoms with E-state index in [1.165, 1.54) is 77.4 Å². The number of nitrogens with one attached hydrogen (secondary N) is 1. The maximum atomic E-state index is 14.4. The maximum Gasteiger partial charge on any atom is 0.395 e. The fourth-order valence-electron chi connectivity index (χ4n) is 6.36. The molecule has 5 aromatic heterocycles. The van der Waals surface area contributed by atoms with Crippen LogP contribution in [0.5, 0.6) is 0 Å². The number of hydrogen-bond donors (Lipinski definition) is 5. The van der Waals surface area contributed by atoms with Gasteiger partial charge in [0.25, 0.3) is 0 Å². The summed E-state index contributed by atoms with van der Waals surface area (Å²) >= 11 is 8.88. The molecule has 0 atom stereocenters. The van der Waals surface area contributed by atoms with Gasteiger partial charge in [-0.2, -0.15) is 40.2 Å². The summed E-state index contributed by atoms with van der Waals surface area (Å²) in [5.41, 5.74) is 6.90. The molecule has 9 aromatic rings. The molecule has 4 aromatic carbocycles. The van der Waals surface area contributed by atoms with Gasteiger partial charge < -0.3 is 21.1 Å². The van der Waals surface area contributed by atoms with E-state index in [-0.39, 0.29) is 42.1 Å². The van der Waals surface area contributed by atoms with Crippen molar-refractivity contribution in [1.29, 1.82) is 0 Å². The molecule has 0 amide bonds. The van der Waals surface area contributed by atoms with Gasteiger partial charge in [-0.05, 0) is 128 Å². The number of alkyl halides is 9. The highest BCUT2D eigenvalue weighted by Gasteiger charge is 2.43. The standard InChI is InChI=1S/C13H11F2NO2.C12H9F2N5S.C12H10F2N2O.C9H6IN.C4H5BrF2O2.CH4.H4N2/c1-2-18-12(17)13(14,15)10-5-6-11-9(8-10)4-3-7-16-11;13-12(14,10-17-18-11(20)19(10)15)8-3-4-9-7(6-8)2-1-5-16-9;13-12(14,11(17)7-15)9-3-4-10-8(6-9)2-1-5-16-10;10-8-3-4-9-7(6-8)2-1-5-11-9;1-2-9-3(8)4(5,6)7;;1-2/h3-8H,2H2,1H3;1-6H,15H2,(H,18,20);1-6H,7,15H2;1-6H;2H2,1H3;1H4;1-2H2. The number of fused-ring (bicyclic) bond motifs is 4. The van der Waals surface area contributed by atoms with E-state index in [4.69, 9.17) is 23.8 Å². The number of Topliss-reactive ketones (excluding diaryl/α,β-unsaturated/α-hetero) is 1. The minimum Gasteiger partial charge on any atom is -0.461 e. The normalized spacial score (nSPS) is 11.1. The number of ether oxygens (including phenoxy) is 2. The van der Waals surface area contributed by atoms with Gasteiger partial charge in [-0.1, -0.05) is 49.9 Å². The zero-order chi connectivity index (χ0) is 57.1. The highest BCUT2D eigenvalue weighted by Crippen LogP contribution is 2.36. The molecule has 9 rings (SSSR count). The number of hydrogen-bond acceptors (Lipinski definition) is 15. The van der Waals surface area contributed by atoms with E-state index in [0.29, 0.717) is 37.4 Å². The van der Waals surface area contributed by atoms with Crippen LogP contribution in [0.4, 0.5) is 35.1 Å². The van der Waals surface area contributed by atoms with Gasteiger partial charge in [0.15, 0.2) is 0 Å². The minimum absolute atomic E-state index is 0. The second-order valence-corrected chi connectivity index (χ2v) is 17.7. The van der Waals surface area contributed by atoms with Gasteiger partial charge >= 0.3 is 34.5 Å². The van der Waals surface area contributed by atoms with Gasteiger partial charge in [-0.25, -0.2) is 19.4 Å². The van der Waals surface area contributed by atoms with Gasteiger partial charge in [-0.15, -0.1) is 0 Å². The highest BCUT2D eigenvalue weighted by molar-refractivity contribution is 14.1. The third-order valence-corrected chi connectivity index (χ3v) is 11.3. The van der Waals surface area contributed by atoms with E-state index in [1.807, 2.05) is 34.3 Å². The minimum atomic E-state index is -3.64. The molecule has 0 aliphatic carbocycles. The first kappa shape index (κ1) is 65.1. The molecule has 0 unspecified atom stereocenters. The number of aromatic amines is 1. The molecule has 0 aliphatic rings. The Bertz CT molecular complexity index is 3500. The molecule has 9 N–H and O–H groups in total. The lowest BCUT2D eigenvalue weighted by atomic mass is 10.0. The van der Waals surface area contributed by atoms with Crippen molar-refractivity contribution in [2.45, 2.75) is 43.9 Å². The zero-order valence-electron chi connectivity index (χ0n) is 40.2. The number of nitrogens with two attached hydrogens (primary N) is 4. The third kappa shape index (κ3) is 17.2. The van der Waals surface area contributed by atoms with Crippen LogP contribution < -0.4 is 23.3 Å². The molecule has 16 nitrogen and oxygen atoms in total. The molecule has 414 valence electrons. The van der Waals surface area contributed by atoms with Gasteiger partial charge in [-0.3, -0.25) is 36.4 Å². The van der Waals surface area contributed by atoms with Crippen LogP contribution in [-0.4, -0.2) is 77.1 Å². The van der Waals surface area contributed by atoms with Crippen molar-refractivity contribution in [3.05, 3.63) is 177 Å². The number of halogens is 10. The van der Waals surface area contributed by atoms with Crippen molar-refractivity contribution in [1.82, 2.24) is 34.8 Å². The number of H-pyrrole nitrogens is 1. The van der Waals surface area contributed by atoms with E-state index in [0.717, 1.165) is 5.52 Å². The molecule has 0 aliphatic heterocycles. The molecule has 0 saturated carbocycles. The van der Waals surface area contributed by atoms with Crippen molar-refractivity contribution in [3.8, 4) is 0 Å². The SMILES string of the molecule is C.CCOC(=O)C(F)(F)Br.CCOC(=O)C(F)(F)c1ccc2ncccc2c1.Ic1ccc2ncccc2c1.NCC(=O)C(F)(F)c1ccc2ncccc2c1.NN.Nn1c(C(F)(F)c2ccc3ncccc3c2)n[nH]c1=S. The average molecular weight is 1290 g/mol. The van der Waals surface area contributed by atoms with Gasteiger partial charge in [0, 0.05) is 82.5 Å². The van der Waals surface area contributed by atoms with Gasteiger partial charge in [0.05, 0.1) is 41.8 Å². The summed E-state index contributed by atoms with van der Waals surface area (Å²) in [5, 5.41) is 8.69. The molecule has 0 spiro atoms. The summed E-state index contributed by atoms with van der Waals surface area (Å²) < 4.78 is 117. The number of rotatable bonds is 10. The number of carbonyl (C=O) groups excluding carboxylic acids is 3. The van der Waals surface area contributed by atoms with Crippen LogP contribution in [0.1, 0.15) is 43.8 Å². The predicted octanol–water partition coefficient (Wildman–Crippen LogP) is 10.9.